The van der Waals surface area contributed by atoms with Crippen molar-refractivity contribution in [3.63, 3.8) is 0 Å². The molecule has 0 aromatic carbocycles. The van der Waals surface area contributed by atoms with Gasteiger partial charge >= 0.3 is 0 Å². The molecule has 0 spiro atoms. The molecule has 1 saturated carbocycles. The number of hydrogen-bond acceptors (Lipinski definition) is 4. The van der Waals surface area contributed by atoms with E-state index in [-0.39, 0.29) is 0 Å². The molecular weight excluding hydrogens is 288 g/mol. The van der Waals surface area contributed by atoms with Gasteiger partial charge in [-0.3, -0.25) is 0 Å². The Morgan fingerprint density at radius 2 is 2.00 bits per heavy atom. The van der Waals surface area contributed by atoms with E-state index in [9.17, 15) is 8.42 Å². The summed E-state index contributed by atoms with van der Waals surface area (Å²) in [6.07, 6.45) is 3.60. The van der Waals surface area contributed by atoms with Crippen LogP contribution in [0.1, 0.15) is 37.7 Å². The Labute approximate surface area is 126 Å². The summed E-state index contributed by atoms with van der Waals surface area (Å²) < 4.78 is 32.9. The van der Waals surface area contributed by atoms with Crippen molar-refractivity contribution in [1.82, 2.24) is 9.62 Å². The highest BCUT2D eigenvalue weighted by molar-refractivity contribution is 7.89. The molecule has 6 heteroatoms. The van der Waals surface area contributed by atoms with Crippen LogP contribution in [0, 0.1) is 18.8 Å². The minimum absolute atomic E-state index is 0.343. The quantitative estimate of drug-likeness (QED) is 0.904. The highest BCUT2D eigenvalue weighted by Gasteiger charge is 2.42. The molecule has 0 amide bonds. The molecule has 0 bridgehead atoms. The van der Waals surface area contributed by atoms with Crippen LogP contribution in [-0.4, -0.2) is 32.4 Å². The first-order chi connectivity index (χ1) is 10.0. The van der Waals surface area contributed by atoms with Crippen LogP contribution >= 0.6 is 0 Å². The molecule has 3 rings (SSSR count). The summed E-state index contributed by atoms with van der Waals surface area (Å²) in [6, 6.07) is 1.68. The summed E-state index contributed by atoms with van der Waals surface area (Å²) in [5.74, 6) is 2.31. The number of aryl methyl sites for hydroxylation is 1. The van der Waals surface area contributed by atoms with Crippen molar-refractivity contribution in [2.75, 3.05) is 19.6 Å². The summed E-state index contributed by atoms with van der Waals surface area (Å²) in [4.78, 5) is 0.343. The van der Waals surface area contributed by atoms with E-state index in [1.165, 1.54) is 19.3 Å². The Balaban J connectivity index is 1.80. The molecule has 2 fully saturated rings. The van der Waals surface area contributed by atoms with E-state index in [0.29, 0.717) is 47.9 Å². The molecule has 2 atom stereocenters. The lowest BCUT2D eigenvalue weighted by molar-refractivity contribution is 0.438. The zero-order valence-electron chi connectivity index (χ0n) is 12.8. The number of nitrogens with zero attached hydrogens (tertiary/aromatic N) is 1. The number of hydrogen-bond donors (Lipinski definition) is 1. The largest absolute Gasteiger partial charge is 0.464 e. The molecule has 21 heavy (non-hydrogen) atoms. The summed E-state index contributed by atoms with van der Waals surface area (Å²) in [6.45, 7) is 6.51. The molecule has 1 aromatic heterocycles. The van der Waals surface area contributed by atoms with Gasteiger partial charge in [-0.15, -0.1) is 0 Å². The maximum Gasteiger partial charge on any atom is 0.246 e. The summed E-state index contributed by atoms with van der Waals surface area (Å²) in [7, 11) is -3.40. The van der Waals surface area contributed by atoms with Crippen LogP contribution < -0.4 is 5.32 Å². The number of sulfonamides is 1. The highest BCUT2D eigenvalue weighted by Crippen LogP contribution is 2.40. The summed E-state index contributed by atoms with van der Waals surface area (Å²) in [5.41, 5.74) is 0. The third-order valence-electron chi connectivity index (χ3n) is 4.78. The minimum Gasteiger partial charge on any atom is -0.464 e. The molecule has 1 saturated heterocycles. The van der Waals surface area contributed by atoms with Crippen LogP contribution in [0.5, 0.6) is 0 Å². The van der Waals surface area contributed by atoms with E-state index in [4.69, 9.17) is 4.42 Å². The minimum atomic E-state index is -3.40. The van der Waals surface area contributed by atoms with Crippen molar-refractivity contribution in [3.8, 4) is 0 Å². The van der Waals surface area contributed by atoms with Crippen molar-refractivity contribution in [2.45, 2.75) is 44.6 Å². The number of furan rings is 1. The van der Waals surface area contributed by atoms with Gasteiger partial charge < -0.3 is 9.73 Å². The van der Waals surface area contributed by atoms with E-state index < -0.39 is 10.0 Å². The first-order valence-electron chi connectivity index (χ1n) is 7.82. The van der Waals surface area contributed by atoms with Gasteiger partial charge in [0.25, 0.3) is 0 Å². The molecule has 1 aromatic rings. The predicted molar refractivity (Wildman–Crippen MR) is 80.4 cm³/mol. The van der Waals surface area contributed by atoms with Crippen LogP contribution in [0.2, 0.25) is 0 Å². The van der Waals surface area contributed by atoms with Crippen molar-refractivity contribution < 1.29 is 12.8 Å². The average molecular weight is 312 g/mol. The molecule has 2 unspecified atom stereocenters. The fourth-order valence-corrected chi connectivity index (χ4v) is 5.38. The molecule has 118 valence electrons. The lowest BCUT2D eigenvalue weighted by Gasteiger charge is -2.16. The van der Waals surface area contributed by atoms with E-state index in [2.05, 4.69) is 5.32 Å². The zero-order valence-corrected chi connectivity index (χ0v) is 13.6. The van der Waals surface area contributed by atoms with Crippen LogP contribution in [-0.2, 0) is 16.6 Å². The normalized spacial score (nSPS) is 26.4. The van der Waals surface area contributed by atoms with E-state index in [0.717, 1.165) is 6.54 Å². The SMILES string of the molecule is CCNCc1cc(S(=O)(=O)N2CC3CCCC3C2)c(C)o1. The first kappa shape index (κ1) is 15.1. The van der Waals surface area contributed by atoms with Crippen LogP contribution in [0.15, 0.2) is 15.4 Å². The van der Waals surface area contributed by atoms with Gasteiger partial charge in [0.2, 0.25) is 10.0 Å². The standard InChI is InChI=1S/C15H24N2O3S/c1-3-16-8-14-7-15(11(2)20-14)21(18,19)17-9-12-5-4-6-13(12)10-17/h7,12-13,16H,3-6,8-10H2,1-2H3. The van der Waals surface area contributed by atoms with E-state index >= 15 is 0 Å². The van der Waals surface area contributed by atoms with Crippen LogP contribution in [0.25, 0.3) is 0 Å². The van der Waals surface area contributed by atoms with Crippen molar-refractivity contribution >= 4 is 10.0 Å². The molecule has 2 heterocycles. The molecule has 1 aliphatic carbocycles. The monoisotopic (exact) mass is 312 g/mol. The highest BCUT2D eigenvalue weighted by atomic mass is 32.2. The van der Waals surface area contributed by atoms with Gasteiger partial charge in [0.05, 0.1) is 6.54 Å². The van der Waals surface area contributed by atoms with Crippen molar-refractivity contribution in [1.29, 1.82) is 0 Å². The second-order valence-electron chi connectivity index (χ2n) is 6.19. The van der Waals surface area contributed by atoms with Gasteiger partial charge in [0.1, 0.15) is 16.4 Å². The number of rotatable bonds is 5. The Hall–Kier alpha value is -0.850. The summed E-state index contributed by atoms with van der Waals surface area (Å²) in [5, 5.41) is 3.16. The van der Waals surface area contributed by atoms with E-state index in [1.54, 1.807) is 17.3 Å². The van der Waals surface area contributed by atoms with Crippen LogP contribution in [0.4, 0.5) is 0 Å². The second-order valence-corrected chi connectivity index (χ2v) is 8.09. The maximum absolute atomic E-state index is 12.8. The van der Waals surface area contributed by atoms with Crippen molar-refractivity contribution in [2.24, 2.45) is 11.8 Å². The summed E-state index contributed by atoms with van der Waals surface area (Å²) >= 11 is 0. The molecule has 0 radical (unpaired) electrons. The first-order valence-corrected chi connectivity index (χ1v) is 9.26. The molecule has 1 N–H and O–H groups in total. The zero-order chi connectivity index (χ0) is 15.0. The maximum atomic E-state index is 12.8. The Morgan fingerprint density at radius 3 is 2.62 bits per heavy atom. The van der Waals surface area contributed by atoms with Crippen molar-refractivity contribution in [3.05, 3.63) is 17.6 Å². The van der Waals surface area contributed by atoms with Gasteiger partial charge in [-0.2, -0.15) is 4.31 Å². The van der Waals surface area contributed by atoms with Gasteiger partial charge in [-0.25, -0.2) is 8.42 Å². The van der Waals surface area contributed by atoms with Crippen LogP contribution in [0.3, 0.4) is 0 Å². The second kappa shape index (κ2) is 5.74. The molecular formula is C15H24N2O3S. The van der Waals surface area contributed by atoms with Gasteiger partial charge in [-0.1, -0.05) is 13.3 Å². The third-order valence-corrected chi connectivity index (χ3v) is 6.72. The topological polar surface area (TPSA) is 62.6 Å². The number of fused-ring (bicyclic) bond motifs is 1. The lowest BCUT2D eigenvalue weighted by atomic mass is 10.0. The fourth-order valence-electron chi connectivity index (χ4n) is 3.64. The van der Waals surface area contributed by atoms with E-state index in [1.807, 2.05) is 6.92 Å². The average Bonchev–Trinajstić information content (AvgIpc) is 3.09. The van der Waals surface area contributed by atoms with Gasteiger partial charge in [0, 0.05) is 19.2 Å². The Kier molecular flexibility index (Phi) is 4.12. The Bertz CT molecular complexity index is 596. The predicted octanol–water partition coefficient (Wildman–Crippen LogP) is 2.12. The molecule has 1 aliphatic heterocycles. The molecule has 5 nitrogen and oxygen atoms in total. The fraction of sp³-hybridized carbons (Fsp3) is 0.733. The van der Waals surface area contributed by atoms with Gasteiger partial charge in [-0.05, 0) is 38.1 Å². The number of nitrogens with one attached hydrogen (secondary N) is 1. The molecule has 2 aliphatic rings. The Morgan fingerprint density at radius 1 is 1.33 bits per heavy atom. The smallest absolute Gasteiger partial charge is 0.246 e. The third kappa shape index (κ3) is 2.76. The van der Waals surface area contributed by atoms with Gasteiger partial charge in [0.15, 0.2) is 0 Å². The lowest BCUT2D eigenvalue weighted by Crippen LogP contribution is -2.29.